The maximum Gasteiger partial charge on any atom is 0.481 e. The Kier molecular flexibility index (Phi) is 18.7. The highest BCUT2D eigenvalue weighted by atomic mass is 32.1. The molecular formula is C25H44N7O19P3S. The van der Waals surface area contributed by atoms with Gasteiger partial charge in [0.2, 0.25) is 11.8 Å². The van der Waals surface area contributed by atoms with Crippen molar-refractivity contribution >= 4 is 70.9 Å². The van der Waals surface area contributed by atoms with Crippen molar-refractivity contribution in [3.05, 3.63) is 12.7 Å². The van der Waals surface area contributed by atoms with Crippen molar-refractivity contribution in [3.63, 3.8) is 0 Å². The van der Waals surface area contributed by atoms with Crippen molar-refractivity contribution in [2.24, 2.45) is 5.41 Å². The topological polar surface area (TPSA) is 404 Å². The molecule has 0 spiro atoms. The van der Waals surface area contributed by atoms with Crippen LogP contribution in [0, 0.1) is 5.41 Å². The minimum atomic E-state index is -5.54. The average molecular weight is 872 g/mol. The number of aliphatic hydroxyl groups is 3. The monoisotopic (exact) mass is 871 g/mol. The van der Waals surface area contributed by atoms with Crippen molar-refractivity contribution in [2.75, 3.05) is 44.4 Å². The first kappa shape index (κ1) is 48.5. The number of nitrogens with one attached hydrogen (secondary N) is 2. The molecule has 55 heavy (non-hydrogen) atoms. The third-order valence-corrected chi connectivity index (χ3v) is 10.4. The predicted octanol–water partition coefficient (Wildman–Crippen LogP) is -1.82. The Hall–Kier alpha value is -2.68. The first-order valence-electron chi connectivity index (χ1n) is 15.8. The van der Waals surface area contributed by atoms with Gasteiger partial charge in [0.15, 0.2) is 17.7 Å². The average Bonchev–Trinajstić information content (AvgIpc) is 3.64. The largest absolute Gasteiger partial charge is 0.481 e. The number of hydrogen-bond acceptors (Lipinski definition) is 19. The number of aliphatic carboxylic acids is 1. The molecule has 0 aromatic carbocycles. The molecule has 0 aliphatic carbocycles. The zero-order valence-corrected chi connectivity index (χ0v) is 32.7. The molecule has 0 radical (unpaired) electrons. The number of amides is 2. The van der Waals surface area contributed by atoms with E-state index in [1.165, 1.54) is 13.8 Å². The highest BCUT2D eigenvalue weighted by Gasteiger charge is 2.50. The smallest absolute Gasteiger partial charge is 0.481 e. The van der Waals surface area contributed by atoms with Gasteiger partial charge in [0, 0.05) is 43.7 Å². The molecule has 314 valence electrons. The summed E-state index contributed by atoms with van der Waals surface area (Å²) in [7, 11) is -16.3. The van der Waals surface area contributed by atoms with E-state index in [0.29, 0.717) is 18.7 Å². The van der Waals surface area contributed by atoms with E-state index in [1.807, 2.05) is 0 Å². The number of carboxylic acids is 1. The number of phosphoric ester groups is 3. The number of carbonyl (C=O) groups excluding carboxylic acids is 2. The van der Waals surface area contributed by atoms with Crippen LogP contribution in [0.4, 0.5) is 5.82 Å². The van der Waals surface area contributed by atoms with E-state index < -0.39 is 84.6 Å². The van der Waals surface area contributed by atoms with E-state index in [1.54, 1.807) is 0 Å². The molecule has 2 unspecified atom stereocenters. The van der Waals surface area contributed by atoms with Gasteiger partial charge in [-0.05, 0) is 6.42 Å². The molecule has 3 heterocycles. The summed E-state index contributed by atoms with van der Waals surface area (Å²) in [6.07, 6.45) is -6.32. The number of carboxylic acid groups (broad SMARTS) is 1. The zero-order chi connectivity index (χ0) is 41.8. The van der Waals surface area contributed by atoms with Crippen LogP contribution in [0.25, 0.3) is 11.2 Å². The fourth-order valence-corrected chi connectivity index (χ4v) is 7.31. The summed E-state index contributed by atoms with van der Waals surface area (Å²) >= 11 is 3.95. The van der Waals surface area contributed by atoms with Gasteiger partial charge in [-0.1, -0.05) is 13.8 Å². The highest BCUT2D eigenvalue weighted by molar-refractivity contribution is 7.80. The van der Waals surface area contributed by atoms with Gasteiger partial charge in [-0.15, -0.1) is 0 Å². The lowest BCUT2D eigenvalue weighted by Gasteiger charge is -2.30. The van der Waals surface area contributed by atoms with Crippen LogP contribution >= 0.6 is 36.1 Å². The Balaban J connectivity index is 0.00000136. The molecule has 26 nitrogen and oxygen atoms in total. The Bertz CT molecular complexity index is 1750. The van der Waals surface area contributed by atoms with E-state index in [2.05, 4.69) is 47.0 Å². The van der Waals surface area contributed by atoms with Crippen LogP contribution in [0.2, 0.25) is 0 Å². The van der Waals surface area contributed by atoms with E-state index in [9.17, 15) is 57.9 Å². The fraction of sp³-hybridized carbons (Fsp3) is 0.680. The number of carbonyl (C=O) groups is 3. The summed E-state index contributed by atoms with van der Waals surface area (Å²) in [5.74, 6) is -1.80. The van der Waals surface area contributed by atoms with E-state index in [0.717, 1.165) is 17.2 Å². The van der Waals surface area contributed by atoms with Crippen molar-refractivity contribution in [2.45, 2.75) is 63.8 Å². The number of nitrogens with two attached hydrogens (primary N) is 1. The van der Waals surface area contributed by atoms with E-state index >= 15 is 0 Å². The minimum Gasteiger partial charge on any atom is -0.481 e. The SMILES string of the molecule is CC(C)(COP(=O)(O)OP(=O)(O)OC[C@H]1O[C@@H](n2cnc3c(N)ncnc32)[C@H](O)[C@@H]1OP(=O)(O)O)[C@@H](O)C(=O)NCCC(=O)NCCS.O=C(O)CCCO. The Morgan fingerprint density at radius 2 is 1.71 bits per heavy atom. The Morgan fingerprint density at radius 3 is 2.29 bits per heavy atom. The van der Waals surface area contributed by atoms with Crippen LogP contribution in [0.5, 0.6) is 0 Å². The third-order valence-electron chi connectivity index (χ3n) is 7.06. The van der Waals surface area contributed by atoms with Crippen molar-refractivity contribution in [1.82, 2.24) is 30.2 Å². The maximum absolute atomic E-state index is 12.6. The molecule has 2 amide bonds. The molecule has 1 fully saturated rings. The van der Waals surface area contributed by atoms with E-state index in [4.69, 9.17) is 29.7 Å². The van der Waals surface area contributed by atoms with Crippen LogP contribution in [0.1, 0.15) is 39.3 Å². The van der Waals surface area contributed by atoms with Gasteiger partial charge in [0.05, 0.1) is 19.5 Å². The van der Waals surface area contributed by atoms with Crippen LogP contribution in [-0.2, 0) is 50.7 Å². The fourth-order valence-electron chi connectivity index (χ4n) is 4.37. The van der Waals surface area contributed by atoms with Gasteiger partial charge in [-0.2, -0.15) is 16.9 Å². The van der Waals surface area contributed by atoms with Crippen LogP contribution < -0.4 is 16.4 Å². The van der Waals surface area contributed by atoms with Crippen LogP contribution in [0.3, 0.4) is 0 Å². The van der Waals surface area contributed by atoms with Crippen LogP contribution in [-0.4, -0.2) is 140 Å². The molecule has 3 rings (SSSR count). The second-order valence-electron chi connectivity index (χ2n) is 12.0. The van der Waals surface area contributed by atoms with Gasteiger partial charge >= 0.3 is 29.4 Å². The van der Waals surface area contributed by atoms with Gasteiger partial charge < -0.3 is 61.1 Å². The lowest BCUT2D eigenvalue weighted by Crippen LogP contribution is -2.46. The quantitative estimate of drug-likeness (QED) is 0.0485. The van der Waals surface area contributed by atoms with Gasteiger partial charge in [0.25, 0.3) is 0 Å². The second kappa shape index (κ2) is 21.2. The number of anilines is 1. The van der Waals surface area contributed by atoms with Crippen molar-refractivity contribution < 1.29 is 90.7 Å². The number of fused-ring (bicyclic) bond motifs is 1. The Morgan fingerprint density at radius 1 is 1.05 bits per heavy atom. The van der Waals surface area contributed by atoms with Gasteiger partial charge in [0.1, 0.15) is 36.3 Å². The summed E-state index contributed by atoms with van der Waals surface area (Å²) in [6, 6.07) is 0. The predicted molar refractivity (Wildman–Crippen MR) is 187 cm³/mol. The van der Waals surface area contributed by atoms with Crippen molar-refractivity contribution in [1.29, 1.82) is 0 Å². The highest BCUT2D eigenvalue weighted by Crippen LogP contribution is 2.61. The van der Waals surface area contributed by atoms with Crippen LogP contribution in [0.15, 0.2) is 12.7 Å². The van der Waals surface area contributed by atoms with E-state index in [-0.39, 0.29) is 48.9 Å². The lowest BCUT2D eigenvalue weighted by atomic mass is 9.87. The molecule has 7 atom stereocenters. The summed E-state index contributed by atoms with van der Waals surface area (Å²) < 4.78 is 61.7. The molecule has 2 aromatic rings. The molecule has 1 aliphatic rings. The number of rotatable bonds is 21. The summed E-state index contributed by atoms with van der Waals surface area (Å²) in [4.78, 5) is 84.3. The second-order valence-corrected chi connectivity index (χ2v) is 16.7. The number of phosphoric acid groups is 3. The Labute approximate surface area is 317 Å². The lowest BCUT2D eigenvalue weighted by molar-refractivity contribution is -0.138. The van der Waals surface area contributed by atoms with Gasteiger partial charge in [-0.3, -0.25) is 32.5 Å². The maximum atomic E-state index is 12.6. The third kappa shape index (κ3) is 16.0. The first-order valence-corrected chi connectivity index (χ1v) is 20.9. The number of nitrogen functional groups attached to an aromatic ring is 1. The number of aromatic nitrogens is 4. The molecule has 0 bridgehead atoms. The summed E-state index contributed by atoms with van der Waals surface area (Å²) in [5.41, 5.74) is 4.30. The number of aliphatic hydroxyl groups excluding tert-OH is 3. The summed E-state index contributed by atoms with van der Waals surface area (Å²) in [5, 5.41) is 42.1. The molecule has 30 heteroatoms. The molecular weight excluding hydrogens is 827 g/mol. The number of hydrogen-bond donors (Lipinski definition) is 12. The molecule has 1 aliphatic heterocycles. The van der Waals surface area contributed by atoms with Crippen molar-refractivity contribution in [3.8, 4) is 0 Å². The molecule has 1 saturated heterocycles. The summed E-state index contributed by atoms with van der Waals surface area (Å²) in [6.45, 7) is 0.688. The first-order chi connectivity index (χ1) is 25.4. The molecule has 0 saturated carbocycles. The number of thiol groups is 1. The standard InChI is InChI=1S/C21H36N7O16P3S.C4H8O3/c1-21(2,16(31)19(32)24-4-3-12(29)23-5-6-48)8-41-47(38,39)44-46(36,37)40-7-11-15(43-45(33,34)35)14(30)20(42-11)28-10-27-13-17(22)25-9-26-18(13)28;5-3-1-2-4(6)7/h9-11,14-16,20,30-31,48H,3-8H2,1-2H3,(H,23,29)(H,24,32)(H,36,37)(H,38,39)(H2,22,25,26)(H2,33,34,35);5H,1-3H2,(H,6,7)/t11-,14-,15-,16+,20-;/m1./s1. The number of ether oxygens (including phenoxy) is 1. The number of nitrogens with zero attached hydrogens (tertiary/aromatic N) is 4. The number of imidazole rings is 1. The van der Waals surface area contributed by atoms with Gasteiger partial charge in [-0.25, -0.2) is 28.6 Å². The normalized spacial score (nSPS) is 21.5. The zero-order valence-electron chi connectivity index (χ0n) is 29.1. The molecule has 12 N–H and O–H groups in total. The molecule has 2 aromatic heterocycles. The minimum absolute atomic E-state index is 0.0354.